The summed E-state index contributed by atoms with van der Waals surface area (Å²) in [4.78, 5) is 0. The van der Waals surface area contributed by atoms with Crippen LogP contribution < -0.4 is 0 Å². The van der Waals surface area contributed by atoms with Gasteiger partial charge in [0.1, 0.15) is 33.5 Å². The molecule has 25 aromatic rings. The Labute approximate surface area is 720 Å². The third-order valence-corrected chi connectivity index (χ3v) is 22.7. The van der Waals surface area contributed by atoms with Gasteiger partial charge >= 0.3 is 0 Å². The van der Waals surface area contributed by atoms with Crippen LogP contribution in [0.2, 0.25) is 0 Å². The maximum Gasteiger partial charge on any atom is 0.136 e. The molecule has 25 rings (SSSR count). The van der Waals surface area contributed by atoms with Gasteiger partial charge in [-0.05, 0) is 224 Å². The van der Waals surface area contributed by atoms with E-state index in [4.69, 9.17) is 29.7 Å². The van der Waals surface area contributed by atoms with Crippen LogP contribution in [-0.2, 0) is 0 Å². The fraction of sp³-hybridized carbons (Fsp3) is 0. The van der Waals surface area contributed by atoms with Gasteiger partial charge in [0.15, 0.2) is 0 Å². The van der Waals surface area contributed by atoms with Crippen molar-refractivity contribution in [3.8, 4) is 89.0 Å². The molecule has 0 saturated heterocycles. The van der Waals surface area contributed by atoms with Gasteiger partial charge in [-0.25, -0.2) is 0 Å². The van der Waals surface area contributed by atoms with E-state index in [9.17, 15) is 16.4 Å². The number of hydrogen-bond donors (Lipinski definition) is 0. The van der Waals surface area contributed by atoms with Crippen molar-refractivity contribution >= 4 is 152 Å². The van der Waals surface area contributed by atoms with E-state index >= 15 is 0 Å². The van der Waals surface area contributed by atoms with E-state index in [1.54, 1.807) is 18.2 Å². The van der Waals surface area contributed by atoms with Crippen molar-refractivity contribution < 1.29 is 46.1 Å². The highest BCUT2D eigenvalue weighted by Gasteiger charge is 2.26. The van der Waals surface area contributed by atoms with E-state index in [2.05, 4.69) is 0 Å². The highest BCUT2D eigenvalue weighted by atomic mass is 16.3. The number of fused-ring (bicyclic) bond motifs is 17. The third-order valence-electron chi connectivity index (χ3n) is 22.7. The largest absolute Gasteiger partial charge is 0.456 e. The fourth-order valence-electron chi connectivity index (χ4n) is 17.7. The molecule has 0 spiro atoms. The molecule has 22 aromatic carbocycles. The van der Waals surface area contributed by atoms with E-state index < -0.39 is 72.5 Å². The molecule has 554 valence electrons. The summed E-state index contributed by atoms with van der Waals surface area (Å²) >= 11 is 0. The first-order chi connectivity index (χ1) is 69.1. The Morgan fingerprint density at radius 1 is 0.151 bits per heavy atom. The van der Waals surface area contributed by atoms with Crippen LogP contribution in [-0.4, -0.2) is 0 Å². The minimum Gasteiger partial charge on any atom is -0.456 e. The van der Waals surface area contributed by atoms with Crippen LogP contribution in [0, 0.1) is 0 Å². The van der Waals surface area contributed by atoms with Crippen LogP contribution in [0.25, 0.3) is 241 Å². The van der Waals surface area contributed by atoms with Crippen LogP contribution in [0.4, 0.5) is 0 Å². The van der Waals surface area contributed by atoms with E-state index in [-0.39, 0.29) is 137 Å². The molecule has 0 aliphatic rings. The van der Waals surface area contributed by atoms with Crippen molar-refractivity contribution in [3.63, 3.8) is 0 Å². The lowest BCUT2D eigenvalue weighted by Gasteiger charge is -2.20. The maximum atomic E-state index is 9.42. The van der Waals surface area contributed by atoms with Crippen molar-refractivity contribution in [3.05, 3.63) is 436 Å². The third kappa shape index (κ3) is 11.5. The average Bonchev–Trinajstić information content (AvgIpc) is 1.11. The van der Waals surface area contributed by atoms with Crippen LogP contribution >= 0.6 is 0 Å². The number of hydrogen-bond acceptors (Lipinski definition) is 3. The van der Waals surface area contributed by atoms with Crippen molar-refractivity contribution in [1.29, 1.82) is 0 Å². The zero-order valence-electron chi connectivity index (χ0n) is 86.9. The number of furan rings is 3. The summed E-state index contributed by atoms with van der Waals surface area (Å²) in [6, 6.07) is 82.2. The van der Waals surface area contributed by atoms with E-state index in [1.165, 1.54) is 0 Å². The van der Waals surface area contributed by atoms with Gasteiger partial charge < -0.3 is 13.3 Å². The lowest BCUT2D eigenvalue weighted by Crippen LogP contribution is -1.92. The molecule has 3 aromatic heterocycles. The van der Waals surface area contributed by atoms with Crippen molar-refractivity contribution in [2.75, 3.05) is 0 Å². The molecule has 0 bridgehead atoms. The standard InChI is InChI=1S/C42H26O.C38H24O.C36H22O/c1-2-13-27(14-3-1)28-25-26-35(30-16-5-4-15-29(28)30)40-31-17-6-8-19-33(31)41(34-20-9-7-18-32(34)40)37-22-12-24-39-42(37)36-21-10-11-23-38(36)43-39;1-2-12-25(13-3-1)26-14-10-15-27(24-26)36-28-16-4-6-18-30(28)37(31-19-7-5-17-29(31)36)33-21-11-23-35-38(33)32-20-8-9-22-34(32)39-35;1-2-11-24-22-25(21-20-23(24)10-1)34-26-12-3-5-14-28(26)35(29-15-6-4-13-27(29)34)31-17-9-19-33-36(31)30-16-7-8-18-32(30)37-33/h1-26H;1-24H;1-22H/i6D,7D,8D,9D,17D,18D,19D,20D;4D,5D,6D,7D,16D,17D,18D,19D;3D,4D,5D,6D,12D,13D,14D,15D. The van der Waals surface area contributed by atoms with E-state index in [0.29, 0.717) is 116 Å². The minimum atomic E-state index is -0.437. The predicted molar refractivity (Wildman–Crippen MR) is 505 cm³/mol. The van der Waals surface area contributed by atoms with Gasteiger partial charge in [-0.3, -0.25) is 0 Å². The second-order valence-corrected chi connectivity index (χ2v) is 29.2. The van der Waals surface area contributed by atoms with Gasteiger partial charge in [0, 0.05) is 32.3 Å². The predicted octanol–water partition coefficient (Wildman–Crippen LogP) is 33.3. The van der Waals surface area contributed by atoms with Crippen LogP contribution in [0.15, 0.2) is 449 Å². The normalized spacial score (nSPS) is 14.5. The van der Waals surface area contributed by atoms with Crippen molar-refractivity contribution in [1.82, 2.24) is 0 Å². The smallest absolute Gasteiger partial charge is 0.136 e. The lowest BCUT2D eigenvalue weighted by molar-refractivity contribution is 0.668. The highest BCUT2D eigenvalue weighted by Crippen LogP contribution is 2.53. The minimum absolute atomic E-state index is 0.169. The summed E-state index contributed by atoms with van der Waals surface area (Å²) < 4.78 is 235. The summed E-state index contributed by atoms with van der Waals surface area (Å²) in [6.07, 6.45) is 0. The Morgan fingerprint density at radius 3 is 0.832 bits per heavy atom. The second-order valence-electron chi connectivity index (χ2n) is 29.2. The Balaban J connectivity index is 0.000000119. The van der Waals surface area contributed by atoms with E-state index in [0.717, 1.165) is 60.0 Å². The first kappa shape index (κ1) is 48.5. The number of benzene rings is 22. The SMILES string of the molecule is [2H]c1c([2H])c([2H])c2c(-c3cccc4oc5ccccc5c34)c3c([2H])c([2H])c([2H])c([2H])c3c(-c3ccc(-c4ccccc4)c4ccccc34)c2c1[2H].[2H]c1c([2H])c([2H])c2c(-c3cccc4oc5ccccc5c34)c3c([2H])c([2H])c([2H])c([2H])c3c(-c3ccc4ccccc4c3)c2c1[2H].[2H]c1c([2H])c([2H])c2c(-c3cccc4oc5ccccc5c34)c3c([2H])c([2H])c([2H])c([2H])c3c(-c3cccc(-c4ccccc4)c3)c2c1[2H]. The first-order valence-electron chi connectivity index (χ1n) is 50.9. The van der Waals surface area contributed by atoms with Crippen LogP contribution in [0.5, 0.6) is 0 Å². The number of para-hydroxylation sites is 3. The molecular weight excluding hydrogens is 1440 g/mol. The maximum absolute atomic E-state index is 9.42. The highest BCUT2D eigenvalue weighted by molar-refractivity contribution is 6.30. The molecule has 0 unspecified atom stereocenters. The van der Waals surface area contributed by atoms with Gasteiger partial charge in [-0.15, -0.1) is 0 Å². The molecular formula is C116H72O3. The monoisotopic (exact) mass is 1540 g/mol. The Bertz CT molecular complexity index is 9680. The average molecular weight is 1540 g/mol. The Kier molecular flexibility index (Phi) is 11.7. The van der Waals surface area contributed by atoms with Crippen molar-refractivity contribution in [2.45, 2.75) is 0 Å². The molecule has 0 N–H and O–H groups in total. The van der Waals surface area contributed by atoms with Gasteiger partial charge in [-0.1, -0.05) is 388 Å². The Morgan fingerprint density at radius 2 is 0.429 bits per heavy atom. The molecule has 0 atom stereocenters. The molecule has 0 fully saturated rings. The molecule has 0 saturated carbocycles. The summed E-state index contributed by atoms with van der Waals surface area (Å²) in [5.74, 6) is 0. The molecule has 119 heavy (non-hydrogen) atoms. The quantitative estimate of drug-likeness (QED) is 0.142. The van der Waals surface area contributed by atoms with Gasteiger partial charge in [0.2, 0.25) is 0 Å². The zero-order chi connectivity index (χ0) is 99.3. The molecule has 0 aliphatic carbocycles. The summed E-state index contributed by atoms with van der Waals surface area (Å²) in [6.45, 7) is 0. The molecule has 3 heterocycles. The van der Waals surface area contributed by atoms with Gasteiger partial charge in [-0.2, -0.15) is 0 Å². The topological polar surface area (TPSA) is 39.4 Å². The summed E-state index contributed by atoms with van der Waals surface area (Å²) in [5, 5.41) is 10.0. The first-order valence-corrected chi connectivity index (χ1v) is 38.9. The molecule has 0 aliphatic heterocycles. The second kappa shape index (κ2) is 28.7. The Hall–Kier alpha value is -15.7. The van der Waals surface area contributed by atoms with Crippen molar-refractivity contribution in [2.24, 2.45) is 0 Å². The fourth-order valence-corrected chi connectivity index (χ4v) is 17.7. The molecule has 3 nitrogen and oxygen atoms in total. The molecule has 0 radical (unpaired) electrons. The number of rotatable bonds is 8. The summed E-state index contributed by atoms with van der Waals surface area (Å²) in [5.41, 5.74) is 12.5. The molecule has 0 amide bonds. The zero-order valence-corrected chi connectivity index (χ0v) is 62.9. The van der Waals surface area contributed by atoms with Gasteiger partial charge in [0.05, 0.1) is 32.9 Å². The van der Waals surface area contributed by atoms with E-state index in [1.807, 2.05) is 273 Å². The molecule has 3 heteroatoms. The van der Waals surface area contributed by atoms with Gasteiger partial charge in [0.25, 0.3) is 0 Å². The van der Waals surface area contributed by atoms with Crippen LogP contribution in [0.3, 0.4) is 0 Å². The summed E-state index contributed by atoms with van der Waals surface area (Å²) in [7, 11) is 0. The lowest BCUT2D eigenvalue weighted by atomic mass is 9.83. The van der Waals surface area contributed by atoms with Crippen LogP contribution in [0.1, 0.15) is 32.9 Å².